The minimum Gasteiger partial charge on any atom is -0.452 e. The highest BCUT2D eigenvalue weighted by atomic mass is 16.5. The third-order valence-corrected chi connectivity index (χ3v) is 4.01. The van der Waals surface area contributed by atoms with Crippen molar-refractivity contribution in [3.8, 4) is 11.1 Å². The summed E-state index contributed by atoms with van der Waals surface area (Å²) in [5.74, 6) is -0.0973. The molecule has 3 rings (SSSR count). The summed E-state index contributed by atoms with van der Waals surface area (Å²) in [6.07, 6.45) is 3.36. The SMILES string of the molecule is CCCCCC(=O)OC1c2ccccc2-c2ccccc21. The molecule has 2 aromatic carbocycles. The molecule has 21 heavy (non-hydrogen) atoms. The number of ether oxygens (including phenoxy) is 1. The summed E-state index contributed by atoms with van der Waals surface area (Å²) in [4.78, 5) is 12.1. The Morgan fingerprint density at radius 3 is 2.10 bits per heavy atom. The Hall–Kier alpha value is -2.09. The number of hydrogen-bond acceptors (Lipinski definition) is 2. The van der Waals surface area contributed by atoms with Gasteiger partial charge in [-0.15, -0.1) is 0 Å². The van der Waals surface area contributed by atoms with E-state index in [4.69, 9.17) is 4.74 Å². The van der Waals surface area contributed by atoms with Crippen molar-refractivity contribution in [2.75, 3.05) is 0 Å². The topological polar surface area (TPSA) is 26.3 Å². The third-order valence-electron chi connectivity index (χ3n) is 4.01. The summed E-state index contributed by atoms with van der Waals surface area (Å²) < 4.78 is 5.77. The van der Waals surface area contributed by atoms with Crippen LogP contribution in [0.15, 0.2) is 48.5 Å². The third kappa shape index (κ3) is 2.71. The predicted octanol–water partition coefficient (Wildman–Crippen LogP) is 4.88. The second-order valence-corrected chi connectivity index (χ2v) is 5.50. The molecule has 1 aliphatic rings. The first-order valence-electron chi connectivity index (χ1n) is 7.69. The van der Waals surface area contributed by atoms with Crippen LogP contribution in [-0.4, -0.2) is 5.97 Å². The standard InChI is InChI=1S/C19H20O2/c1-2-3-4-13-18(20)21-19-16-11-7-5-9-14(16)15-10-6-8-12-17(15)19/h5-12,19H,2-4,13H2,1H3. The highest BCUT2D eigenvalue weighted by Gasteiger charge is 2.30. The number of fused-ring (bicyclic) bond motifs is 3. The molecule has 0 saturated carbocycles. The molecule has 1 aliphatic carbocycles. The van der Waals surface area contributed by atoms with Crippen molar-refractivity contribution in [3.63, 3.8) is 0 Å². The average Bonchev–Trinajstić information content (AvgIpc) is 2.83. The summed E-state index contributed by atoms with van der Waals surface area (Å²) in [6.45, 7) is 2.13. The molecule has 0 saturated heterocycles. The van der Waals surface area contributed by atoms with Crippen LogP contribution in [0, 0.1) is 0 Å². The van der Waals surface area contributed by atoms with E-state index in [9.17, 15) is 4.79 Å². The van der Waals surface area contributed by atoms with Crippen molar-refractivity contribution < 1.29 is 9.53 Å². The first kappa shape index (κ1) is 13.9. The maximum atomic E-state index is 12.1. The van der Waals surface area contributed by atoms with Gasteiger partial charge in [-0.25, -0.2) is 0 Å². The minimum atomic E-state index is -0.244. The molecule has 0 atom stereocenters. The molecule has 0 radical (unpaired) electrons. The molecule has 0 aromatic heterocycles. The van der Waals surface area contributed by atoms with Crippen LogP contribution >= 0.6 is 0 Å². The minimum absolute atomic E-state index is 0.0973. The van der Waals surface area contributed by atoms with Crippen LogP contribution in [-0.2, 0) is 9.53 Å². The fraction of sp³-hybridized carbons (Fsp3) is 0.316. The van der Waals surface area contributed by atoms with Gasteiger partial charge in [0, 0.05) is 17.5 Å². The molecule has 0 heterocycles. The lowest BCUT2D eigenvalue weighted by Gasteiger charge is -2.15. The van der Waals surface area contributed by atoms with Gasteiger partial charge < -0.3 is 4.74 Å². The van der Waals surface area contributed by atoms with Gasteiger partial charge in [-0.1, -0.05) is 68.3 Å². The Morgan fingerprint density at radius 1 is 0.952 bits per heavy atom. The highest BCUT2D eigenvalue weighted by Crippen LogP contribution is 2.45. The van der Waals surface area contributed by atoms with E-state index in [-0.39, 0.29) is 12.1 Å². The molecule has 2 aromatic rings. The fourth-order valence-corrected chi connectivity index (χ4v) is 2.95. The molecule has 0 unspecified atom stereocenters. The second-order valence-electron chi connectivity index (χ2n) is 5.50. The van der Waals surface area contributed by atoms with Gasteiger partial charge in [-0.2, -0.15) is 0 Å². The van der Waals surface area contributed by atoms with Gasteiger partial charge in [0.15, 0.2) is 6.10 Å². The second kappa shape index (κ2) is 6.13. The number of hydrogen-bond donors (Lipinski definition) is 0. The van der Waals surface area contributed by atoms with E-state index < -0.39 is 0 Å². The summed E-state index contributed by atoms with van der Waals surface area (Å²) in [5, 5.41) is 0. The zero-order valence-electron chi connectivity index (χ0n) is 12.3. The highest BCUT2D eigenvalue weighted by molar-refractivity contribution is 5.80. The van der Waals surface area contributed by atoms with E-state index in [1.54, 1.807) is 0 Å². The maximum Gasteiger partial charge on any atom is 0.306 e. The van der Waals surface area contributed by atoms with Gasteiger partial charge in [0.05, 0.1) is 0 Å². The predicted molar refractivity (Wildman–Crippen MR) is 84.0 cm³/mol. The Bertz CT molecular complexity index is 600. The zero-order chi connectivity index (χ0) is 14.7. The summed E-state index contributed by atoms with van der Waals surface area (Å²) in [6, 6.07) is 16.4. The lowest BCUT2D eigenvalue weighted by molar-refractivity contribution is -0.147. The molecule has 0 amide bonds. The molecule has 0 aliphatic heterocycles. The number of carbonyl (C=O) groups is 1. The molecular weight excluding hydrogens is 260 g/mol. The van der Waals surface area contributed by atoms with Crippen molar-refractivity contribution in [1.82, 2.24) is 0 Å². The largest absolute Gasteiger partial charge is 0.452 e. The molecular formula is C19H20O2. The van der Waals surface area contributed by atoms with Crippen molar-refractivity contribution in [2.45, 2.75) is 38.7 Å². The zero-order valence-corrected chi connectivity index (χ0v) is 12.3. The Kier molecular flexibility index (Phi) is 4.05. The number of carbonyl (C=O) groups excluding carboxylic acids is 1. The van der Waals surface area contributed by atoms with Gasteiger partial charge >= 0.3 is 5.97 Å². The molecule has 0 fully saturated rings. The first-order valence-corrected chi connectivity index (χ1v) is 7.69. The van der Waals surface area contributed by atoms with Crippen LogP contribution in [0.25, 0.3) is 11.1 Å². The van der Waals surface area contributed by atoms with Gasteiger partial charge in [-0.3, -0.25) is 4.79 Å². The van der Waals surface area contributed by atoms with Gasteiger partial charge in [0.2, 0.25) is 0 Å². The van der Waals surface area contributed by atoms with Crippen LogP contribution in [0.5, 0.6) is 0 Å². The molecule has 108 valence electrons. The van der Waals surface area contributed by atoms with Crippen molar-refractivity contribution in [2.24, 2.45) is 0 Å². The van der Waals surface area contributed by atoms with Crippen LogP contribution in [0.1, 0.15) is 49.8 Å². The number of esters is 1. The van der Waals surface area contributed by atoms with Gasteiger partial charge in [0.1, 0.15) is 0 Å². The number of unbranched alkanes of at least 4 members (excludes halogenated alkanes) is 2. The van der Waals surface area contributed by atoms with Crippen molar-refractivity contribution >= 4 is 5.97 Å². The van der Waals surface area contributed by atoms with Gasteiger partial charge in [-0.05, 0) is 17.5 Å². The first-order chi connectivity index (χ1) is 10.3. The van der Waals surface area contributed by atoms with Crippen LogP contribution in [0.3, 0.4) is 0 Å². The van der Waals surface area contributed by atoms with E-state index in [1.165, 1.54) is 11.1 Å². The van der Waals surface area contributed by atoms with E-state index >= 15 is 0 Å². The van der Waals surface area contributed by atoms with Crippen molar-refractivity contribution in [3.05, 3.63) is 59.7 Å². The van der Waals surface area contributed by atoms with E-state index in [1.807, 2.05) is 24.3 Å². The maximum absolute atomic E-state index is 12.1. The summed E-state index contributed by atoms with van der Waals surface area (Å²) in [5.41, 5.74) is 4.56. The number of rotatable bonds is 5. The molecule has 0 bridgehead atoms. The van der Waals surface area contributed by atoms with Crippen molar-refractivity contribution in [1.29, 1.82) is 0 Å². The number of benzene rings is 2. The van der Waals surface area contributed by atoms with Crippen LogP contribution in [0.2, 0.25) is 0 Å². The van der Waals surface area contributed by atoms with Crippen LogP contribution in [0.4, 0.5) is 0 Å². The fourth-order valence-electron chi connectivity index (χ4n) is 2.95. The summed E-state index contributed by atoms with van der Waals surface area (Å²) >= 11 is 0. The Balaban J connectivity index is 1.84. The normalized spacial score (nSPS) is 12.8. The summed E-state index contributed by atoms with van der Waals surface area (Å²) in [7, 11) is 0. The monoisotopic (exact) mass is 280 g/mol. The van der Waals surface area contributed by atoms with E-state index in [0.29, 0.717) is 6.42 Å². The molecule has 2 nitrogen and oxygen atoms in total. The van der Waals surface area contributed by atoms with E-state index in [2.05, 4.69) is 31.2 Å². The molecule has 0 N–H and O–H groups in total. The Labute approximate surface area is 125 Å². The molecule has 2 heteroatoms. The lowest BCUT2D eigenvalue weighted by atomic mass is 10.1. The van der Waals surface area contributed by atoms with Crippen LogP contribution < -0.4 is 0 Å². The average molecular weight is 280 g/mol. The lowest BCUT2D eigenvalue weighted by Crippen LogP contribution is -2.10. The Morgan fingerprint density at radius 2 is 1.52 bits per heavy atom. The molecule has 0 spiro atoms. The van der Waals surface area contributed by atoms with E-state index in [0.717, 1.165) is 30.4 Å². The van der Waals surface area contributed by atoms with Gasteiger partial charge in [0.25, 0.3) is 0 Å². The quantitative estimate of drug-likeness (QED) is 0.576. The smallest absolute Gasteiger partial charge is 0.306 e.